The Labute approximate surface area is 761 Å². The third kappa shape index (κ3) is 63.8. The second-order valence-corrected chi connectivity index (χ2v) is 38.4. The second-order valence-electron chi connectivity index (χ2n) is 36.0. The van der Waals surface area contributed by atoms with Crippen molar-refractivity contribution < 1.29 is 126 Å². The molecule has 2 rings (SSSR count). The zero-order valence-corrected chi connectivity index (χ0v) is 81.1. The summed E-state index contributed by atoms with van der Waals surface area (Å²) >= 11 is 0. The molecule has 30 heteroatoms. The predicted molar refractivity (Wildman–Crippen MR) is 491 cm³/mol. The molecule has 742 valence electrons. The lowest BCUT2D eigenvalue weighted by molar-refractivity contribution is -0.305. The fourth-order valence-electron chi connectivity index (χ4n) is 16.8. The van der Waals surface area contributed by atoms with Gasteiger partial charge in [-0.2, -0.15) is 0 Å². The molecule has 2 fully saturated rings. The first-order valence-corrected chi connectivity index (χ1v) is 53.7. The number of rotatable bonds is 87. The highest BCUT2D eigenvalue weighted by molar-refractivity contribution is 7.46. The number of esters is 4. The highest BCUT2D eigenvalue weighted by atomic mass is 31.2. The molecule has 126 heavy (non-hydrogen) atoms. The van der Waals surface area contributed by atoms with Crippen molar-refractivity contribution in [1.29, 1.82) is 0 Å². The number of carbonyl (C=O) groups is 6. The molecule has 0 aromatic rings. The van der Waals surface area contributed by atoms with E-state index in [1.165, 1.54) is 57.8 Å². The third-order valence-corrected chi connectivity index (χ3v) is 25.1. The van der Waals surface area contributed by atoms with Crippen LogP contribution in [0.4, 0.5) is 0 Å². The van der Waals surface area contributed by atoms with Gasteiger partial charge in [0, 0.05) is 12.8 Å². The van der Waals surface area contributed by atoms with E-state index in [-0.39, 0.29) is 38.5 Å². The van der Waals surface area contributed by atoms with Gasteiger partial charge < -0.3 is 88.5 Å². The van der Waals surface area contributed by atoms with Gasteiger partial charge in [-0.05, 0) is 51.4 Å². The summed E-state index contributed by atoms with van der Waals surface area (Å²) < 4.78 is 93.7. The largest absolute Gasteiger partial charge is 0.470 e. The van der Waals surface area contributed by atoms with E-state index in [0.717, 1.165) is 263 Å². The summed E-state index contributed by atoms with van der Waals surface area (Å²) in [5.74, 6) is -4.94. The SMILES string of the molecule is [3H]C(CO[C@H]1O[C@H](CO[C@@H]2O[C@H](CO)[C@@H](OP(=O)(O)O)[C@H](OC(=O)CC(CCCCCCCCCCC)OC(=O)CCCCCCCCCCCCC)[C@H]2NC(=O)CC(CCCCCCCCCCC)OC(=O)CCCCCCCCCCC)[C@@H](O)[C@H](OC(=O)CC(O)CCCCCCCCCCC)[C@H]1NC(=O)CC(O)CCCCCCCCCCC)OP(=O)(O)O. The van der Waals surface area contributed by atoms with Crippen LogP contribution >= 0.6 is 15.6 Å². The number of aliphatic hydroxyl groups excluding tert-OH is 4. The number of carbonyl (C=O) groups excluding carboxylic acids is 6. The van der Waals surface area contributed by atoms with Gasteiger partial charge in [0.1, 0.15) is 48.7 Å². The first-order chi connectivity index (χ1) is 61.2. The van der Waals surface area contributed by atoms with Crippen LogP contribution in [0, 0.1) is 0 Å². The Morgan fingerprint density at radius 2 is 0.675 bits per heavy atom. The topological polar surface area (TPSA) is 415 Å². The van der Waals surface area contributed by atoms with E-state index < -0.39 is 189 Å². The lowest BCUT2D eigenvalue weighted by atomic mass is 9.95. The van der Waals surface area contributed by atoms with Crippen LogP contribution in [0.1, 0.15) is 467 Å². The van der Waals surface area contributed by atoms with E-state index in [1.807, 2.05) is 0 Å². The Kier molecular flexibility index (Phi) is 72.4. The molecule has 0 aromatic heterocycles. The zero-order valence-electron chi connectivity index (χ0n) is 80.3. The Balaban J connectivity index is 2.91. The van der Waals surface area contributed by atoms with Gasteiger partial charge in [-0.15, -0.1) is 0 Å². The monoisotopic (exact) mass is 1840 g/mol. The molecule has 0 saturated carbocycles. The molecule has 2 aliphatic heterocycles. The van der Waals surface area contributed by atoms with Crippen molar-refractivity contribution >= 4 is 51.3 Å². The molecule has 0 aliphatic carbocycles. The van der Waals surface area contributed by atoms with Crippen LogP contribution in [-0.2, 0) is 84.8 Å². The number of ether oxygens (including phenoxy) is 8. The average Bonchev–Trinajstić information content (AvgIpc) is 0.779. The van der Waals surface area contributed by atoms with E-state index in [0.29, 0.717) is 38.5 Å². The molecule has 2 saturated heterocycles. The molecule has 0 radical (unpaired) electrons. The maximum absolute atomic E-state index is 15.3. The molecular formula is C96H182N2O26P2. The van der Waals surface area contributed by atoms with Crippen molar-refractivity contribution in [2.24, 2.45) is 0 Å². The lowest BCUT2D eigenvalue weighted by Gasteiger charge is -2.47. The second kappa shape index (κ2) is 78.1. The maximum Gasteiger partial charge on any atom is 0.470 e. The number of nitrogens with one attached hydrogen (secondary N) is 2. The van der Waals surface area contributed by atoms with Gasteiger partial charge in [0.05, 0.1) is 65.7 Å². The van der Waals surface area contributed by atoms with Crippen LogP contribution < -0.4 is 10.6 Å². The predicted octanol–water partition coefficient (Wildman–Crippen LogP) is 20.6. The molecule has 2 amide bonds. The first-order valence-electron chi connectivity index (χ1n) is 51.2. The number of hydrogen-bond donors (Lipinski definition) is 10. The summed E-state index contributed by atoms with van der Waals surface area (Å²) in [5.41, 5.74) is 0. The van der Waals surface area contributed by atoms with Crippen LogP contribution in [-0.4, -0.2) is 188 Å². The van der Waals surface area contributed by atoms with Crippen LogP contribution in [0.2, 0.25) is 0 Å². The van der Waals surface area contributed by atoms with E-state index in [2.05, 4.69) is 56.7 Å². The molecular weight excluding hydrogens is 1660 g/mol. The number of aliphatic hydroxyl groups is 4. The highest BCUT2D eigenvalue weighted by Crippen LogP contribution is 2.43. The Morgan fingerprint density at radius 3 is 1.05 bits per heavy atom. The van der Waals surface area contributed by atoms with Crippen molar-refractivity contribution in [3.63, 3.8) is 0 Å². The average molecular weight is 1840 g/mol. The number of amides is 2. The van der Waals surface area contributed by atoms with Gasteiger partial charge in [-0.3, -0.25) is 37.8 Å². The molecule has 0 spiro atoms. The molecule has 28 nitrogen and oxygen atoms in total. The van der Waals surface area contributed by atoms with E-state index >= 15 is 9.59 Å². The summed E-state index contributed by atoms with van der Waals surface area (Å²) in [5, 5.41) is 52.1. The van der Waals surface area contributed by atoms with Crippen LogP contribution in [0.3, 0.4) is 0 Å². The molecule has 0 bridgehead atoms. The molecule has 2 aliphatic rings. The minimum atomic E-state index is -5.70. The molecule has 0 aromatic carbocycles. The molecule has 5 unspecified atom stereocenters. The minimum absolute atomic E-state index is 0.0746. The maximum atomic E-state index is 15.3. The zero-order chi connectivity index (χ0) is 93.4. The standard InChI is InChI=1S/C96H182N2O26P2/c1-7-13-19-25-31-37-38-44-50-56-62-68-86(105)119-80(66-60-54-48-42-35-29-23-17-11-5)74-88(107)123-94-90(98-84(103)73-79(65-59-53-47-41-34-28-22-16-10-4)118-85(104)67-61-55-49-43-36-30-24-18-12-6)96(120-81(75-99)92(94)124-126(112,113)114)116-76-82-91(108)93(122-87(106)72-78(101)64-58-52-46-40-33-27-21-15-9-3)89(95(121-82)115-69-70-117-125(109,110)111)97-83(102)71-77(100)63-57-51-45-39-32-26-20-14-8-2/h77-82,89-96,99-101,108H,7-76H2,1-6H3,(H,97,102)(H,98,103)(H2,109,110,111)(H2,112,113,114)/t77?,78?,79?,80?,81-,82-,89-,90-,91-,92-,93-,94-,95+,96-/m1/s1/i70T/t70?,77?,78?,79?,80?,81-,82-,89-,90-,91-,92-,93-,94-,95+,96-. The van der Waals surface area contributed by atoms with E-state index in [9.17, 15) is 68.3 Å². The van der Waals surface area contributed by atoms with Gasteiger partial charge in [0.25, 0.3) is 0 Å². The summed E-state index contributed by atoms with van der Waals surface area (Å²) in [4.78, 5) is 128. The van der Waals surface area contributed by atoms with Crippen molar-refractivity contribution in [1.82, 2.24) is 10.6 Å². The van der Waals surface area contributed by atoms with Crippen LogP contribution in [0.15, 0.2) is 0 Å². The van der Waals surface area contributed by atoms with Gasteiger partial charge in [0.2, 0.25) is 11.8 Å². The van der Waals surface area contributed by atoms with Crippen LogP contribution in [0.25, 0.3) is 0 Å². The third-order valence-electron chi connectivity index (χ3n) is 24.2. The lowest BCUT2D eigenvalue weighted by Crippen LogP contribution is -2.68. The fourth-order valence-corrected chi connectivity index (χ4v) is 17.6. The van der Waals surface area contributed by atoms with E-state index in [4.69, 9.17) is 43.8 Å². The molecule has 2 heterocycles. The summed E-state index contributed by atoms with van der Waals surface area (Å²) in [6.07, 6.45) is 34.5. The van der Waals surface area contributed by atoms with Crippen molar-refractivity contribution in [3.8, 4) is 0 Å². The van der Waals surface area contributed by atoms with Gasteiger partial charge in [0.15, 0.2) is 24.8 Å². The Hall–Kier alpha value is -3.28. The van der Waals surface area contributed by atoms with Gasteiger partial charge in [-0.1, -0.05) is 375 Å². The minimum Gasteiger partial charge on any atom is -0.462 e. The molecule has 10 N–H and O–H groups in total. The Morgan fingerprint density at radius 1 is 0.365 bits per heavy atom. The van der Waals surface area contributed by atoms with Crippen molar-refractivity contribution in [2.75, 3.05) is 26.4 Å². The van der Waals surface area contributed by atoms with E-state index in [1.54, 1.807) is 0 Å². The van der Waals surface area contributed by atoms with Crippen molar-refractivity contribution in [2.45, 2.75) is 551 Å². The number of hydrogen-bond acceptors (Lipinski definition) is 22. The summed E-state index contributed by atoms with van der Waals surface area (Å²) in [7, 11) is -11.1. The first kappa shape index (κ1) is 117. The summed E-state index contributed by atoms with van der Waals surface area (Å²) in [6.45, 7) is 7.80. The van der Waals surface area contributed by atoms with Crippen molar-refractivity contribution in [3.05, 3.63) is 0 Å². The normalized spacial score (nSPS) is 20.5. The highest BCUT2D eigenvalue weighted by Gasteiger charge is 2.54. The quantitative estimate of drug-likeness (QED) is 0.0117. The number of unbranched alkanes of at least 4 members (excludes halogenated alkanes) is 50. The fraction of sp³-hybridized carbons (Fsp3) is 0.938. The summed E-state index contributed by atoms with van der Waals surface area (Å²) in [6, 6.07) is -3.68. The number of phosphoric acid groups is 2. The van der Waals surface area contributed by atoms with Gasteiger partial charge in [-0.25, -0.2) is 9.13 Å². The number of phosphoric ester groups is 2. The smallest absolute Gasteiger partial charge is 0.462 e. The Bertz CT molecular complexity index is 2810. The van der Waals surface area contributed by atoms with Gasteiger partial charge >= 0.3 is 39.5 Å². The van der Waals surface area contributed by atoms with Crippen LogP contribution in [0.5, 0.6) is 0 Å². The molecule has 15 atom stereocenters.